The molecule has 0 aromatic heterocycles. The lowest BCUT2D eigenvalue weighted by atomic mass is 10.1. The van der Waals surface area contributed by atoms with E-state index in [1.54, 1.807) is 6.92 Å². The largest absolute Gasteiger partial charge is 0.312 e. The number of nitrogens with one attached hydrogen (secondary N) is 1. The monoisotopic (exact) mass is 262 g/mol. The van der Waals surface area contributed by atoms with Crippen LogP contribution >= 0.6 is 0 Å². The number of anilines is 1. The smallest absolute Gasteiger partial charge is 0.299 e. The number of aryl methyl sites for hydroxylation is 1. The summed E-state index contributed by atoms with van der Waals surface area (Å²) in [6, 6.07) is 3.06. The number of rotatable bonds is 4. The van der Waals surface area contributed by atoms with E-state index in [-0.39, 0.29) is 5.56 Å². The minimum absolute atomic E-state index is 0.189. The van der Waals surface area contributed by atoms with Crippen molar-refractivity contribution in [3.05, 3.63) is 29.1 Å². The predicted molar refractivity (Wildman–Crippen MR) is 68.8 cm³/mol. The number of Topliss-reactive ketones (excluding diaryl/α,β-unsaturated/α-hetero) is 1. The summed E-state index contributed by atoms with van der Waals surface area (Å²) in [6.07, 6.45) is 2.35. The molecule has 1 aromatic rings. The fourth-order valence-electron chi connectivity index (χ4n) is 2.49. The van der Waals surface area contributed by atoms with E-state index in [0.29, 0.717) is 30.4 Å². The van der Waals surface area contributed by atoms with E-state index in [9.17, 15) is 14.0 Å². The number of fused-ring (bicyclic) bond motifs is 1. The minimum Gasteiger partial charge on any atom is -0.312 e. The third-order valence-electron chi connectivity index (χ3n) is 3.56. The van der Waals surface area contributed by atoms with Gasteiger partial charge < -0.3 is 10.2 Å². The molecule has 0 atom stereocenters. The maximum Gasteiger partial charge on any atom is 0.299 e. The molecule has 5 heteroatoms. The van der Waals surface area contributed by atoms with E-state index in [1.807, 2.05) is 0 Å². The van der Waals surface area contributed by atoms with Crippen molar-refractivity contribution in [1.82, 2.24) is 5.32 Å². The lowest BCUT2D eigenvalue weighted by Crippen LogP contribution is -2.36. The first kappa shape index (κ1) is 12.3. The van der Waals surface area contributed by atoms with Crippen molar-refractivity contribution in [2.24, 2.45) is 0 Å². The molecule has 1 amide bonds. The Bertz CT molecular complexity index is 567. The summed E-state index contributed by atoms with van der Waals surface area (Å²) in [5, 5.41) is 3.30. The molecule has 0 unspecified atom stereocenters. The molecule has 100 valence electrons. The molecule has 1 saturated carbocycles. The van der Waals surface area contributed by atoms with Gasteiger partial charge in [-0.05, 0) is 37.5 Å². The number of benzene rings is 1. The van der Waals surface area contributed by atoms with Gasteiger partial charge in [0.25, 0.3) is 11.7 Å². The maximum atomic E-state index is 13.3. The number of carbonyl (C=O) groups is 2. The fourth-order valence-corrected chi connectivity index (χ4v) is 2.49. The SMILES string of the molecule is Cc1cc(F)cc2c1N(CCNC1CC1)C(=O)C2=O. The Hall–Kier alpha value is -1.75. The second-order valence-electron chi connectivity index (χ2n) is 5.13. The number of carbonyl (C=O) groups excluding carboxylic acids is 2. The van der Waals surface area contributed by atoms with Crippen LogP contribution in [0.2, 0.25) is 0 Å². The zero-order chi connectivity index (χ0) is 13.6. The minimum atomic E-state index is -0.607. The van der Waals surface area contributed by atoms with E-state index in [4.69, 9.17) is 0 Å². The van der Waals surface area contributed by atoms with Gasteiger partial charge in [-0.2, -0.15) is 0 Å². The Morgan fingerprint density at radius 2 is 2.11 bits per heavy atom. The van der Waals surface area contributed by atoms with E-state index in [2.05, 4.69) is 5.32 Å². The molecule has 0 saturated heterocycles. The van der Waals surface area contributed by atoms with Gasteiger partial charge in [0.05, 0.1) is 11.3 Å². The molecule has 1 aliphatic heterocycles. The van der Waals surface area contributed by atoms with E-state index in [1.165, 1.54) is 23.8 Å². The number of hydrogen-bond acceptors (Lipinski definition) is 3. The molecule has 3 rings (SSSR count). The highest BCUT2D eigenvalue weighted by Crippen LogP contribution is 2.32. The van der Waals surface area contributed by atoms with Gasteiger partial charge in [-0.1, -0.05) is 0 Å². The Labute approximate surface area is 110 Å². The molecular weight excluding hydrogens is 247 g/mol. The molecule has 1 aromatic carbocycles. The molecule has 2 aliphatic rings. The van der Waals surface area contributed by atoms with Crippen molar-refractivity contribution in [2.45, 2.75) is 25.8 Å². The summed E-state index contributed by atoms with van der Waals surface area (Å²) in [5.74, 6) is -1.64. The number of hydrogen-bond donors (Lipinski definition) is 1. The van der Waals surface area contributed by atoms with Gasteiger partial charge in [0.1, 0.15) is 5.82 Å². The zero-order valence-electron chi connectivity index (χ0n) is 10.7. The first-order valence-electron chi connectivity index (χ1n) is 6.47. The molecule has 1 aliphatic carbocycles. The Kier molecular flexibility index (Phi) is 2.86. The molecule has 19 heavy (non-hydrogen) atoms. The Morgan fingerprint density at radius 1 is 1.37 bits per heavy atom. The predicted octanol–water partition coefficient (Wildman–Crippen LogP) is 1.42. The molecule has 0 spiro atoms. The number of ketones is 1. The van der Waals surface area contributed by atoms with Gasteiger partial charge in [-0.15, -0.1) is 0 Å². The highest BCUT2D eigenvalue weighted by atomic mass is 19.1. The molecule has 1 N–H and O–H groups in total. The van der Waals surface area contributed by atoms with Crippen molar-refractivity contribution in [3.63, 3.8) is 0 Å². The Balaban J connectivity index is 1.85. The van der Waals surface area contributed by atoms with Gasteiger partial charge >= 0.3 is 0 Å². The molecule has 1 heterocycles. The Morgan fingerprint density at radius 3 is 2.79 bits per heavy atom. The summed E-state index contributed by atoms with van der Waals surface area (Å²) in [6.45, 7) is 2.82. The molecule has 0 bridgehead atoms. The van der Waals surface area contributed by atoms with Crippen LogP contribution in [0.4, 0.5) is 10.1 Å². The molecule has 1 fully saturated rings. The van der Waals surface area contributed by atoms with Gasteiger partial charge in [0.15, 0.2) is 0 Å². The average molecular weight is 262 g/mol. The molecular formula is C14H15FN2O2. The second-order valence-corrected chi connectivity index (χ2v) is 5.13. The van der Waals surface area contributed by atoms with Crippen molar-refractivity contribution >= 4 is 17.4 Å². The van der Waals surface area contributed by atoms with Gasteiger partial charge in [0.2, 0.25) is 0 Å². The summed E-state index contributed by atoms with van der Waals surface area (Å²) in [5.41, 5.74) is 1.38. The van der Waals surface area contributed by atoms with Crippen LogP contribution in [0.5, 0.6) is 0 Å². The van der Waals surface area contributed by atoms with Crippen LogP contribution in [-0.4, -0.2) is 30.8 Å². The van der Waals surface area contributed by atoms with Crippen LogP contribution in [0.15, 0.2) is 12.1 Å². The van der Waals surface area contributed by atoms with Gasteiger partial charge in [-0.3, -0.25) is 9.59 Å². The summed E-state index contributed by atoms with van der Waals surface area (Å²) >= 11 is 0. The van der Waals surface area contributed by atoms with E-state index >= 15 is 0 Å². The molecule has 0 radical (unpaired) electrons. The van der Waals surface area contributed by atoms with Crippen LogP contribution in [0.1, 0.15) is 28.8 Å². The van der Waals surface area contributed by atoms with Crippen molar-refractivity contribution in [1.29, 1.82) is 0 Å². The third-order valence-corrected chi connectivity index (χ3v) is 3.56. The van der Waals surface area contributed by atoms with Gasteiger partial charge in [-0.25, -0.2) is 4.39 Å². The normalized spacial score (nSPS) is 18.1. The van der Waals surface area contributed by atoms with Crippen LogP contribution in [-0.2, 0) is 4.79 Å². The van der Waals surface area contributed by atoms with E-state index in [0.717, 1.165) is 6.07 Å². The average Bonchev–Trinajstić information content (AvgIpc) is 3.13. The van der Waals surface area contributed by atoms with Crippen LogP contribution in [0, 0.1) is 12.7 Å². The highest BCUT2D eigenvalue weighted by Gasteiger charge is 2.37. The first-order valence-corrected chi connectivity index (χ1v) is 6.47. The first-order chi connectivity index (χ1) is 9.08. The van der Waals surface area contributed by atoms with Crippen molar-refractivity contribution in [2.75, 3.05) is 18.0 Å². The van der Waals surface area contributed by atoms with Crippen LogP contribution in [0.25, 0.3) is 0 Å². The van der Waals surface area contributed by atoms with E-state index < -0.39 is 17.5 Å². The van der Waals surface area contributed by atoms with Gasteiger partial charge in [0, 0.05) is 19.1 Å². The van der Waals surface area contributed by atoms with Crippen molar-refractivity contribution in [3.8, 4) is 0 Å². The third kappa shape index (κ3) is 2.14. The summed E-state index contributed by atoms with van der Waals surface area (Å²) < 4.78 is 13.3. The summed E-state index contributed by atoms with van der Waals surface area (Å²) in [4.78, 5) is 25.2. The number of amides is 1. The zero-order valence-corrected chi connectivity index (χ0v) is 10.7. The van der Waals surface area contributed by atoms with Crippen LogP contribution in [0.3, 0.4) is 0 Å². The topological polar surface area (TPSA) is 49.4 Å². The lowest BCUT2D eigenvalue weighted by molar-refractivity contribution is -0.114. The van der Waals surface area contributed by atoms with Crippen molar-refractivity contribution < 1.29 is 14.0 Å². The quantitative estimate of drug-likeness (QED) is 0.835. The number of nitrogens with zero attached hydrogens (tertiary/aromatic N) is 1. The molecule has 4 nitrogen and oxygen atoms in total. The lowest BCUT2D eigenvalue weighted by Gasteiger charge is -2.18. The summed E-state index contributed by atoms with van der Waals surface area (Å²) in [7, 11) is 0. The number of halogens is 1. The highest BCUT2D eigenvalue weighted by molar-refractivity contribution is 6.52. The van der Waals surface area contributed by atoms with Crippen LogP contribution < -0.4 is 10.2 Å². The fraction of sp³-hybridized carbons (Fsp3) is 0.429. The standard InChI is InChI=1S/C14H15FN2O2/c1-8-6-9(15)7-11-12(8)17(14(19)13(11)18)5-4-16-10-2-3-10/h6-7,10,16H,2-5H2,1H3. The maximum absolute atomic E-state index is 13.3. The second kappa shape index (κ2) is 4.42.